The Labute approximate surface area is 183 Å². The Morgan fingerprint density at radius 2 is 0.867 bits per heavy atom. The van der Waals surface area contributed by atoms with E-state index in [1.54, 1.807) is 0 Å². The molecule has 0 saturated carbocycles. The molecule has 2 aromatic carbocycles. The Hall–Kier alpha value is -2.62. The lowest BCUT2D eigenvalue weighted by Gasteiger charge is -2.18. The van der Waals surface area contributed by atoms with Gasteiger partial charge in [0.1, 0.15) is 0 Å². The number of carbonyl (C=O) groups is 2. The fourth-order valence-corrected chi connectivity index (χ4v) is 2.07. The van der Waals surface area contributed by atoms with Crippen LogP contribution in [-0.2, 0) is 0 Å². The molecule has 0 radical (unpaired) electrons. The van der Waals surface area contributed by atoms with E-state index in [-0.39, 0.29) is 22.6 Å². The zero-order valence-electron chi connectivity index (χ0n) is 20.0. The maximum Gasteiger partial charge on any atom is 0.251 e. The van der Waals surface area contributed by atoms with Gasteiger partial charge in [-0.1, -0.05) is 91.8 Å². The van der Waals surface area contributed by atoms with Crippen LogP contribution >= 0.6 is 0 Å². The van der Waals surface area contributed by atoms with Gasteiger partial charge in [-0.25, -0.2) is 0 Å². The van der Waals surface area contributed by atoms with Crippen LogP contribution in [-0.4, -0.2) is 24.9 Å². The molecule has 0 saturated heterocycles. The van der Waals surface area contributed by atoms with Crippen molar-refractivity contribution in [3.63, 3.8) is 0 Å². The number of hydrogen-bond donors (Lipinski definition) is 2. The number of hydrogen-bond acceptors (Lipinski definition) is 2. The second-order valence-corrected chi connectivity index (χ2v) is 9.22. The molecule has 0 bridgehead atoms. The quantitative estimate of drug-likeness (QED) is 0.652. The second-order valence-electron chi connectivity index (χ2n) is 9.22. The van der Waals surface area contributed by atoms with E-state index in [0.29, 0.717) is 13.1 Å². The SMILES string of the molecule is CC.CC(C)(C)CNC(=O)c1ccccc1.CC(C)(C)CNC(=O)c1ccccc1. The first-order valence-electron chi connectivity index (χ1n) is 10.6. The largest absolute Gasteiger partial charge is 0.352 e. The summed E-state index contributed by atoms with van der Waals surface area (Å²) in [6, 6.07) is 18.5. The highest BCUT2D eigenvalue weighted by Crippen LogP contribution is 2.11. The van der Waals surface area contributed by atoms with Crippen LogP contribution in [0.15, 0.2) is 60.7 Å². The van der Waals surface area contributed by atoms with Gasteiger partial charge in [-0.05, 0) is 35.1 Å². The normalized spacial score (nSPS) is 10.5. The Balaban J connectivity index is 0.000000518. The van der Waals surface area contributed by atoms with Gasteiger partial charge < -0.3 is 10.6 Å². The maximum atomic E-state index is 11.6. The van der Waals surface area contributed by atoms with Crippen LogP contribution in [0.1, 0.15) is 76.1 Å². The molecule has 0 spiro atoms. The Kier molecular flexibility index (Phi) is 12.4. The van der Waals surface area contributed by atoms with Gasteiger partial charge in [-0.15, -0.1) is 0 Å². The van der Waals surface area contributed by atoms with E-state index in [2.05, 4.69) is 52.2 Å². The minimum absolute atomic E-state index is 0.000486. The summed E-state index contributed by atoms with van der Waals surface area (Å²) in [5.74, 6) is 0.000972. The molecule has 30 heavy (non-hydrogen) atoms. The summed E-state index contributed by atoms with van der Waals surface area (Å²) in [4.78, 5) is 23.2. The van der Waals surface area contributed by atoms with Gasteiger partial charge in [-0.2, -0.15) is 0 Å². The molecule has 4 heteroatoms. The van der Waals surface area contributed by atoms with Crippen molar-refractivity contribution in [1.29, 1.82) is 0 Å². The van der Waals surface area contributed by atoms with E-state index in [0.717, 1.165) is 11.1 Å². The van der Waals surface area contributed by atoms with Crippen molar-refractivity contribution < 1.29 is 9.59 Å². The maximum absolute atomic E-state index is 11.6. The highest BCUT2D eigenvalue weighted by Gasteiger charge is 2.13. The summed E-state index contributed by atoms with van der Waals surface area (Å²) in [7, 11) is 0. The number of rotatable bonds is 4. The number of nitrogens with one attached hydrogen (secondary N) is 2. The second kappa shape index (κ2) is 13.6. The molecular formula is C26H40N2O2. The summed E-state index contributed by atoms with van der Waals surface area (Å²) in [6.07, 6.45) is 0. The van der Waals surface area contributed by atoms with Crippen molar-refractivity contribution in [2.24, 2.45) is 10.8 Å². The van der Waals surface area contributed by atoms with Gasteiger partial charge in [-0.3, -0.25) is 9.59 Å². The lowest BCUT2D eigenvalue weighted by Crippen LogP contribution is -2.32. The summed E-state index contributed by atoms with van der Waals surface area (Å²) >= 11 is 0. The lowest BCUT2D eigenvalue weighted by atomic mass is 9.97. The number of carbonyl (C=O) groups excluding carboxylic acids is 2. The minimum atomic E-state index is 0.000486. The van der Waals surface area contributed by atoms with Crippen molar-refractivity contribution in [3.8, 4) is 0 Å². The fraction of sp³-hybridized carbons (Fsp3) is 0.462. The zero-order chi connectivity index (χ0) is 23.2. The van der Waals surface area contributed by atoms with Gasteiger partial charge in [0.15, 0.2) is 0 Å². The van der Waals surface area contributed by atoms with Gasteiger partial charge in [0.05, 0.1) is 0 Å². The van der Waals surface area contributed by atoms with Gasteiger partial charge in [0, 0.05) is 24.2 Å². The monoisotopic (exact) mass is 412 g/mol. The first kappa shape index (κ1) is 27.4. The topological polar surface area (TPSA) is 58.2 Å². The third-order valence-electron chi connectivity index (χ3n) is 3.63. The average Bonchev–Trinajstić information content (AvgIpc) is 2.72. The van der Waals surface area contributed by atoms with E-state index in [1.807, 2.05) is 74.5 Å². The van der Waals surface area contributed by atoms with Crippen molar-refractivity contribution >= 4 is 11.8 Å². The molecule has 0 aliphatic carbocycles. The molecule has 0 aliphatic heterocycles. The zero-order valence-corrected chi connectivity index (χ0v) is 20.0. The molecule has 166 valence electrons. The molecule has 0 heterocycles. The highest BCUT2D eigenvalue weighted by atomic mass is 16.2. The van der Waals surface area contributed by atoms with Crippen LogP contribution in [0.3, 0.4) is 0 Å². The third kappa shape index (κ3) is 13.5. The van der Waals surface area contributed by atoms with Crippen LogP contribution in [0, 0.1) is 10.8 Å². The number of benzene rings is 2. The minimum Gasteiger partial charge on any atom is -0.352 e. The third-order valence-corrected chi connectivity index (χ3v) is 3.63. The molecule has 0 unspecified atom stereocenters. The smallest absolute Gasteiger partial charge is 0.251 e. The molecule has 2 rings (SSSR count). The van der Waals surface area contributed by atoms with Crippen LogP contribution in [0.2, 0.25) is 0 Å². The predicted octanol–water partition coefficient (Wildman–Crippen LogP) is 5.95. The van der Waals surface area contributed by atoms with Crippen molar-refractivity contribution in [3.05, 3.63) is 71.8 Å². The first-order valence-corrected chi connectivity index (χ1v) is 10.6. The van der Waals surface area contributed by atoms with Crippen LogP contribution < -0.4 is 10.6 Å². The molecule has 0 aliphatic rings. The molecule has 0 aromatic heterocycles. The van der Waals surface area contributed by atoms with E-state index in [4.69, 9.17) is 0 Å². The van der Waals surface area contributed by atoms with Gasteiger partial charge >= 0.3 is 0 Å². The molecule has 2 N–H and O–H groups in total. The summed E-state index contributed by atoms with van der Waals surface area (Å²) in [5, 5.41) is 5.80. The van der Waals surface area contributed by atoms with Crippen LogP contribution in [0.4, 0.5) is 0 Å². The Bertz CT molecular complexity index is 662. The van der Waals surface area contributed by atoms with E-state index in [9.17, 15) is 9.59 Å². The Morgan fingerprint density at radius 1 is 0.600 bits per heavy atom. The lowest BCUT2D eigenvalue weighted by molar-refractivity contribution is 0.0932. The van der Waals surface area contributed by atoms with Gasteiger partial charge in [0.2, 0.25) is 0 Å². The molecule has 2 amide bonds. The summed E-state index contributed by atoms with van der Waals surface area (Å²) in [6.45, 7) is 18.0. The summed E-state index contributed by atoms with van der Waals surface area (Å²) in [5.41, 5.74) is 1.70. The highest BCUT2D eigenvalue weighted by molar-refractivity contribution is 5.94. The Morgan fingerprint density at radius 3 is 1.10 bits per heavy atom. The van der Waals surface area contributed by atoms with E-state index < -0.39 is 0 Å². The molecule has 2 aromatic rings. The van der Waals surface area contributed by atoms with Gasteiger partial charge in [0.25, 0.3) is 11.8 Å². The molecule has 0 fully saturated rings. The molecule has 0 atom stereocenters. The van der Waals surface area contributed by atoms with E-state index in [1.165, 1.54) is 0 Å². The standard InChI is InChI=1S/2C12H17NO.C2H6/c2*1-12(2,3)9-13-11(14)10-7-5-4-6-8-10;1-2/h2*4-8H,9H2,1-3H3,(H,13,14);1-2H3. The predicted molar refractivity (Wildman–Crippen MR) is 128 cm³/mol. The first-order chi connectivity index (χ1) is 14.0. The van der Waals surface area contributed by atoms with Crippen molar-refractivity contribution in [2.75, 3.05) is 13.1 Å². The van der Waals surface area contributed by atoms with Crippen LogP contribution in [0.25, 0.3) is 0 Å². The molecule has 4 nitrogen and oxygen atoms in total. The van der Waals surface area contributed by atoms with Crippen molar-refractivity contribution in [1.82, 2.24) is 10.6 Å². The van der Waals surface area contributed by atoms with Crippen molar-refractivity contribution in [2.45, 2.75) is 55.4 Å². The summed E-state index contributed by atoms with van der Waals surface area (Å²) < 4.78 is 0. The van der Waals surface area contributed by atoms with E-state index >= 15 is 0 Å². The number of amides is 2. The van der Waals surface area contributed by atoms with Crippen LogP contribution in [0.5, 0.6) is 0 Å². The fourth-order valence-electron chi connectivity index (χ4n) is 2.07. The average molecular weight is 413 g/mol. The molecular weight excluding hydrogens is 372 g/mol.